The van der Waals surface area contributed by atoms with E-state index in [9.17, 15) is 0 Å². The molecular formula is C12H21N5. The summed E-state index contributed by atoms with van der Waals surface area (Å²) in [5, 5.41) is 3.43. The average molecular weight is 235 g/mol. The van der Waals surface area contributed by atoms with E-state index >= 15 is 0 Å². The molecule has 2 rings (SSSR count). The van der Waals surface area contributed by atoms with Gasteiger partial charge in [-0.25, -0.2) is 15.8 Å². The van der Waals surface area contributed by atoms with Crippen LogP contribution in [0, 0.1) is 5.92 Å². The summed E-state index contributed by atoms with van der Waals surface area (Å²) in [4.78, 5) is 8.47. The topological polar surface area (TPSA) is 75.9 Å². The molecular weight excluding hydrogens is 214 g/mol. The molecule has 0 spiro atoms. The van der Waals surface area contributed by atoms with Gasteiger partial charge in [0.05, 0.1) is 0 Å². The standard InChI is InChI=1S/C12H21N5/c1-2-4-10-11(14-7-9-5-3-6-9)15-8-16-12(10)17-13/h8-9H,2-7,13H2,1H3,(H2,14,15,16,17). The van der Waals surface area contributed by atoms with Crippen molar-refractivity contribution < 1.29 is 0 Å². The first-order chi connectivity index (χ1) is 8.35. The van der Waals surface area contributed by atoms with Crippen LogP contribution in [-0.2, 0) is 6.42 Å². The van der Waals surface area contributed by atoms with E-state index < -0.39 is 0 Å². The van der Waals surface area contributed by atoms with Gasteiger partial charge in [-0.3, -0.25) is 0 Å². The molecule has 0 atom stereocenters. The van der Waals surface area contributed by atoms with Crippen LogP contribution in [0.15, 0.2) is 6.33 Å². The van der Waals surface area contributed by atoms with Crippen molar-refractivity contribution >= 4 is 11.6 Å². The Balaban J connectivity index is 2.07. The highest BCUT2D eigenvalue weighted by molar-refractivity contribution is 5.56. The minimum Gasteiger partial charge on any atom is -0.369 e. The minimum atomic E-state index is 0.734. The molecule has 0 unspecified atom stereocenters. The molecule has 0 bridgehead atoms. The van der Waals surface area contributed by atoms with Gasteiger partial charge >= 0.3 is 0 Å². The number of anilines is 2. The van der Waals surface area contributed by atoms with Crippen LogP contribution < -0.4 is 16.6 Å². The summed E-state index contributed by atoms with van der Waals surface area (Å²) in [6, 6.07) is 0. The predicted octanol–water partition coefficient (Wildman–Crippen LogP) is 1.93. The highest BCUT2D eigenvalue weighted by atomic mass is 15.3. The third-order valence-electron chi connectivity index (χ3n) is 3.37. The van der Waals surface area contributed by atoms with Crippen molar-refractivity contribution in [1.29, 1.82) is 0 Å². The van der Waals surface area contributed by atoms with Crippen molar-refractivity contribution in [2.24, 2.45) is 11.8 Å². The molecule has 5 nitrogen and oxygen atoms in total. The first kappa shape index (κ1) is 12.1. The fraction of sp³-hybridized carbons (Fsp3) is 0.667. The molecule has 1 aliphatic carbocycles. The molecule has 1 aliphatic rings. The molecule has 0 aromatic carbocycles. The first-order valence-electron chi connectivity index (χ1n) is 6.39. The smallest absolute Gasteiger partial charge is 0.148 e. The molecule has 0 radical (unpaired) electrons. The Morgan fingerprint density at radius 3 is 2.71 bits per heavy atom. The van der Waals surface area contributed by atoms with E-state index in [-0.39, 0.29) is 0 Å². The molecule has 1 heterocycles. The Morgan fingerprint density at radius 1 is 1.35 bits per heavy atom. The van der Waals surface area contributed by atoms with Gasteiger partial charge in [-0.15, -0.1) is 0 Å². The lowest BCUT2D eigenvalue weighted by atomic mass is 9.85. The second kappa shape index (κ2) is 5.82. The first-order valence-corrected chi connectivity index (χ1v) is 6.39. The number of nitrogens with two attached hydrogens (primary N) is 1. The van der Waals surface area contributed by atoms with Crippen molar-refractivity contribution in [2.45, 2.75) is 39.0 Å². The van der Waals surface area contributed by atoms with E-state index in [4.69, 9.17) is 5.84 Å². The molecule has 1 saturated carbocycles. The van der Waals surface area contributed by atoms with E-state index in [0.717, 1.165) is 42.5 Å². The van der Waals surface area contributed by atoms with Gasteiger partial charge in [0.15, 0.2) is 0 Å². The third-order valence-corrected chi connectivity index (χ3v) is 3.37. The van der Waals surface area contributed by atoms with Crippen molar-refractivity contribution in [3.63, 3.8) is 0 Å². The maximum atomic E-state index is 5.48. The summed E-state index contributed by atoms with van der Waals surface area (Å²) >= 11 is 0. The largest absolute Gasteiger partial charge is 0.369 e. The van der Waals surface area contributed by atoms with E-state index in [1.165, 1.54) is 19.3 Å². The Labute approximate surface area is 102 Å². The van der Waals surface area contributed by atoms with Crippen LogP contribution >= 0.6 is 0 Å². The maximum Gasteiger partial charge on any atom is 0.148 e. The number of hydrazine groups is 1. The van der Waals surface area contributed by atoms with Crippen molar-refractivity contribution in [2.75, 3.05) is 17.3 Å². The van der Waals surface area contributed by atoms with Gasteiger partial charge < -0.3 is 10.7 Å². The normalized spacial score (nSPS) is 15.4. The van der Waals surface area contributed by atoms with E-state index in [0.29, 0.717) is 0 Å². The Kier molecular flexibility index (Phi) is 4.14. The lowest BCUT2D eigenvalue weighted by Crippen LogP contribution is -2.22. The number of hydrogen-bond donors (Lipinski definition) is 3. The maximum absolute atomic E-state index is 5.48. The quantitative estimate of drug-likeness (QED) is 0.519. The Bertz CT molecular complexity index is 362. The van der Waals surface area contributed by atoms with Gasteiger partial charge in [0, 0.05) is 12.1 Å². The number of nitrogen functional groups attached to an aromatic ring is 1. The molecule has 1 aromatic heterocycles. The van der Waals surface area contributed by atoms with Gasteiger partial charge in [-0.05, 0) is 25.2 Å². The van der Waals surface area contributed by atoms with Crippen LogP contribution in [0.3, 0.4) is 0 Å². The van der Waals surface area contributed by atoms with Crippen LogP contribution in [0.4, 0.5) is 11.6 Å². The predicted molar refractivity (Wildman–Crippen MR) is 69.7 cm³/mol. The van der Waals surface area contributed by atoms with E-state index in [1.54, 1.807) is 6.33 Å². The summed E-state index contributed by atoms with van der Waals surface area (Å²) < 4.78 is 0. The van der Waals surface area contributed by atoms with Gasteiger partial charge in [-0.2, -0.15) is 0 Å². The number of rotatable bonds is 6. The molecule has 5 heteroatoms. The van der Waals surface area contributed by atoms with Crippen LogP contribution in [0.25, 0.3) is 0 Å². The van der Waals surface area contributed by atoms with Crippen molar-refractivity contribution in [1.82, 2.24) is 9.97 Å². The van der Waals surface area contributed by atoms with E-state index in [1.807, 2.05) is 0 Å². The highest BCUT2D eigenvalue weighted by Crippen LogP contribution is 2.27. The minimum absolute atomic E-state index is 0.734. The molecule has 1 aromatic rings. The number of hydrogen-bond acceptors (Lipinski definition) is 5. The third kappa shape index (κ3) is 2.85. The Morgan fingerprint density at radius 2 is 2.12 bits per heavy atom. The van der Waals surface area contributed by atoms with Crippen molar-refractivity contribution in [3.8, 4) is 0 Å². The number of aromatic nitrogens is 2. The average Bonchev–Trinajstić information content (AvgIpc) is 2.29. The van der Waals surface area contributed by atoms with Gasteiger partial charge in [0.25, 0.3) is 0 Å². The summed E-state index contributed by atoms with van der Waals surface area (Å²) in [7, 11) is 0. The molecule has 0 amide bonds. The zero-order valence-corrected chi connectivity index (χ0v) is 10.4. The molecule has 94 valence electrons. The lowest BCUT2D eigenvalue weighted by molar-refractivity contribution is 0.333. The van der Waals surface area contributed by atoms with Gasteiger partial charge in [0.2, 0.25) is 0 Å². The molecule has 1 fully saturated rings. The van der Waals surface area contributed by atoms with Crippen molar-refractivity contribution in [3.05, 3.63) is 11.9 Å². The summed E-state index contributed by atoms with van der Waals surface area (Å²) in [6.07, 6.45) is 7.59. The Hall–Kier alpha value is -1.36. The second-order valence-corrected chi connectivity index (χ2v) is 4.62. The van der Waals surface area contributed by atoms with Crippen LogP contribution in [0.2, 0.25) is 0 Å². The monoisotopic (exact) mass is 235 g/mol. The fourth-order valence-corrected chi connectivity index (χ4v) is 2.11. The summed E-state index contributed by atoms with van der Waals surface area (Å²) in [6.45, 7) is 3.15. The van der Waals surface area contributed by atoms with E-state index in [2.05, 4.69) is 27.6 Å². The molecule has 4 N–H and O–H groups in total. The van der Waals surface area contributed by atoms with Crippen LogP contribution in [0.5, 0.6) is 0 Å². The fourth-order valence-electron chi connectivity index (χ4n) is 2.11. The summed E-state index contributed by atoms with van der Waals surface area (Å²) in [5.41, 5.74) is 3.74. The number of nitrogens with one attached hydrogen (secondary N) is 2. The molecule has 17 heavy (non-hydrogen) atoms. The number of nitrogens with zero attached hydrogens (tertiary/aromatic N) is 2. The molecule has 0 aliphatic heterocycles. The second-order valence-electron chi connectivity index (χ2n) is 4.62. The molecule has 0 saturated heterocycles. The van der Waals surface area contributed by atoms with Gasteiger partial charge in [-0.1, -0.05) is 19.8 Å². The zero-order valence-electron chi connectivity index (χ0n) is 10.4. The van der Waals surface area contributed by atoms with Crippen LogP contribution in [0.1, 0.15) is 38.2 Å². The lowest BCUT2D eigenvalue weighted by Gasteiger charge is -2.26. The highest BCUT2D eigenvalue weighted by Gasteiger charge is 2.18. The van der Waals surface area contributed by atoms with Crippen LogP contribution in [-0.4, -0.2) is 16.5 Å². The summed E-state index contributed by atoms with van der Waals surface area (Å²) in [5.74, 6) is 7.96. The SMILES string of the molecule is CCCc1c(NN)ncnc1NCC1CCC1. The van der Waals surface area contributed by atoms with Gasteiger partial charge in [0.1, 0.15) is 18.0 Å². The zero-order chi connectivity index (χ0) is 12.1.